The highest BCUT2D eigenvalue weighted by molar-refractivity contribution is 5.44. The lowest BCUT2D eigenvalue weighted by atomic mass is 10.0. The molecule has 1 saturated heterocycles. The van der Waals surface area contributed by atoms with Crippen LogP contribution in [-0.4, -0.2) is 39.1 Å². The van der Waals surface area contributed by atoms with Crippen LogP contribution in [0, 0.1) is 0 Å². The van der Waals surface area contributed by atoms with Gasteiger partial charge in [0.2, 0.25) is 0 Å². The molecule has 5 nitrogen and oxygen atoms in total. The Hall–Kier alpha value is -1.30. The molecule has 1 aliphatic rings. The molecule has 0 radical (unpaired) electrons. The van der Waals surface area contributed by atoms with Crippen molar-refractivity contribution in [1.82, 2.24) is 0 Å². The van der Waals surface area contributed by atoms with Gasteiger partial charge in [-0.15, -0.1) is 0 Å². The van der Waals surface area contributed by atoms with Crippen LogP contribution < -0.4 is 15.2 Å². The summed E-state index contributed by atoms with van der Waals surface area (Å²) in [7, 11) is 0. The number of hydrogen-bond donors (Lipinski definition) is 1. The molecule has 1 aromatic rings. The van der Waals surface area contributed by atoms with Gasteiger partial charge in [-0.3, -0.25) is 0 Å². The van der Waals surface area contributed by atoms with Crippen molar-refractivity contribution in [3.05, 3.63) is 23.8 Å². The van der Waals surface area contributed by atoms with Crippen LogP contribution >= 0.6 is 0 Å². The first-order valence-electron chi connectivity index (χ1n) is 7.10. The molecule has 0 saturated carbocycles. The van der Waals surface area contributed by atoms with Gasteiger partial charge in [0.05, 0.1) is 39.1 Å². The molecule has 0 aliphatic carbocycles. The third-order valence-corrected chi connectivity index (χ3v) is 3.19. The van der Waals surface area contributed by atoms with Crippen LogP contribution in [-0.2, 0) is 9.47 Å². The van der Waals surface area contributed by atoms with Gasteiger partial charge in [-0.25, -0.2) is 0 Å². The smallest absolute Gasteiger partial charge is 0.161 e. The van der Waals surface area contributed by atoms with Gasteiger partial charge in [0.15, 0.2) is 11.5 Å². The molecule has 5 heteroatoms. The van der Waals surface area contributed by atoms with Crippen LogP contribution in [0.4, 0.5) is 0 Å². The van der Waals surface area contributed by atoms with Crippen molar-refractivity contribution in [2.75, 3.05) is 33.0 Å². The van der Waals surface area contributed by atoms with Gasteiger partial charge in [0.1, 0.15) is 6.10 Å². The Kier molecular flexibility index (Phi) is 5.64. The summed E-state index contributed by atoms with van der Waals surface area (Å²) >= 11 is 0. The predicted octanol–water partition coefficient (Wildman–Crippen LogP) is 1.90. The largest absolute Gasteiger partial charge is 0.490 e. The molecule has 2 N–H and O–H groups in total. The highest BCUT2D eigenvalue weighted by atomic mass is 16.6. The Bertz CT molecular complexity index is 418. The minimum absolute atomic E-state index is 0.115. The highest BCUT2D eigenvalue weighted by Gasteiger charge is 2.24. The molecule has 0 amide bonds. The van der Waals surface area contributed by atoms with E-state index in [4.69, 9.17) is 24.7 Å². The Labute approximate surface area is 120 Å². The summed E-state index contributed by atoms with van der Waals surface area (Å²) in [5.41, 5.74) is 7.22. The summed E-state index contributed by atoms with van der Waals surface area (Å²) in [6, 6.07) is 5.55. The van der Waals surface area contributed by atoms with E-state index >= 15 is 0 Å². The molecule has 1 heterocycles. The average Bonchev–Trinajstić information content (AvgIpc) is 2.50. The van der Waals surface area contributed by atoms with Crippen molar-refractivity contribution in [2.24, 2.45) is 5.73 Å². The number of benzene rings is 1. The van der Waals surface area contributed by atoms with Crippen LogP contribution in [0.1, 0.15) is 25.5 Å². The van der Waals surface area contributed by atoms with E-state index in [9.17, 15) is 0 Å². The molecule has 1 aliphatic heterocycles. The molecular weight excluding hydrogens is 258 g/mol. The Morgan fingerprint density at radius 2 is 1.95 bits per heavy atom. The molecule has 2 rings (SSSR count). The lowest BCUT2D eigenvalue weighted by Gasteiger charge is -2.28. The Morgan fingerprint density at radius 3 is 2.60 bits per heavy atom. The van der Waals surface area contributed by atoms with E-state index in [0.717, 1.165) is 17.1 Å². The molecule has 2 unspecified atom stereocenters. The van der Waals surface area contributed by atoms with Crippen molar-refractivity contribution < 1.29 is 18.9 Å². The second-order valence-electron chi connectivity index (χ2n) is 4.58. The first-order valence-corrected chi connectivity index (χ1v) is 7.10. The molecule has 0 aromatic heterocycles. The maximum atomic E-state index is 6.26. The van der Waals surface area contributed by atoms with Crippen LogP contribution in [0.15, 0.2) is 18.2 Å². The zero-order valence-electron chi connectivity index (χ0n) is 12.1. The van der Waals surface area contributed by atoms with Gasteiger partial charge in [-0.2, -0.15) is 0 Å². The van der Waals surface area contributed by atoms with Crippen molar-refractivity contribution in [2.45, 2.75) is 26.0 Å². The monoisotopic (exact) mass is 281 g/mol. The third-order valence-electron chi connectivity index (χ3n) is 3.19. The molecule has 112 valence electrons. The predicted molar refractivity (Wildman–Crippen MR) is 76.3 cm³/mol. The number of nitrogens with two attached hydrogens (primary N) is 1. The van der Waals surface area contributed by atoms with Gasteiger partial charge in [0, 0.05) is 0 Å². The molecule has 1 aromatic carbocycles. The van der Waals surface area contributed by atoms with Gasteiger partial charge < -0.3 is 24.7 Å². The molecule has 0 spiro atoms. The fraction of sp³-hybridized carbons (Fsp3) is 0.600. The van der Waals surface area contributed by atoms with Gasteiger partial charge >= 0.3 is 0 Å². The summed E-state index contributed by atoms with van der Waals surface area (Å²) < 4.78 is 22.2. The van der Waals surface area contributed by atoms with E-state index in [1.54, 1.807) is 0 Å². The first kappa shape index (κ1) is 15.1. The van der Waals surface area contributed by atoms with Crippen molar-refractivity contribution in [1.29, 1.82) is 0 Å². The number of rotatable bonds is 6. The fourth-order valence-electron chi connectivity index (χ4n) is 2.20. The summed E-state index contributed by atoms with van der Waals surface area (Å²) in [5.74, 6) is 1.46. The molecule has 20 heavy (non-hydrogen) atoms. The lowest BCUT2D eigenvalue weighted by molar-refractivity contribution is -0.0975. The quantitative estimate of drug-likeness (QED) is 0.863. The molecule has 2 atom stereocenters. The van der Waals surface area contributed by atoms with Crippen LogP contribution in [0.25, 0.3) is 0 Å². The maximum absolute atomic E-state index is 6.26. The van der Waals surface area contributed by atoms with Crippen molar-refractivity contribution in [3.63, 3.8) is 0 Å². The average molecular weight is 281 g/mol. The molecular formula is C15H23NO4. The maximum Gasteiger partial charge on any atom is 0.161 e. The van der Waals surface area contributed by atoms with E-state index in [-0.39, 0.29) is 12.1 Å². The topological polar surface area (TPSA) is 62.9 Å². The van der Waals surface area contributed by atoms with Crippen LogP contribution in [0.3, 0.4) is 0 Å². The number of hydrogen-bond acceptors (Lipinski definition) is 5. The summed E-state index contributed by atoms with van der Waals surface area (Å²) in [6.07, 6.45) is -0.115. The van der Waals surface area contributed by atoms with E-state index < -0.39 is 0 Å². The summed E-state index contributed by atoms with van der Waals surface area (Å²) in [6.45, 7) is 6.83. The zero-order valence-corrected chi connectivity index (χ0v) is 12.1. The molecule has 0 bridgehead atoms. The number of ether oxygens (including phenoxy) is 4. The first-order chi connectivity index (χ1) is 9.76. The fourth-order valence-corrected chi connectivity index (χ4v) is 2.20. The van der Waals surface area contributed by atoms with Crippen LogP contribution in [0.2, 0.25) is 0 Å². The minimum Gasteiger partial charge on any atom is -0.490 e. The Morgan fingerprint density at radius 1 is 1.20 bits per heavy atom. The normalized spacial score (nSPS) is 20.4. The highest BCUT2D eigenvalue weighted by Crippen LogP contribution is 2.31. The summed E-state index contributed by atoms with van der Waals surface area (Å²) in [4.78, 5) is 0. The van der Waals surface area contributed by atoms with E-state index in [1.807, 2.05) is 32.0 Å². The molecule has 1 fully saturated rings. The van der Waals surface area contributed by atoms with Crippen molar-refractivity contribution in [3.8, 4) is 11.5 Å². The van der Waals surface area contributed by atoms with Crippen molar-refractivity contribution >= 4 is 0 Å². The SMILES string of the molecule is CCOc1ccc(C(N)C2COCCO2)cc1OCC. The Balaban J connectivity index is 2.16. The second-order valence-corrected chi connectivity index (χ2v) is 4.58. The van der Waals surface area contributed by atoms with E-state index in [0.29, 0.717) is 33.0 Å². The van der Waals surface area contributed by atoms with Gasteiger partial charge in [-0.05, 0) is 31.5 Å². The van der Waals surface area contributed by atoms with E-state index in [1.165, 1.54) is 0 Å². The standard InChI is InChI=1S/C15H23NO4/c1-3-18-12-6-5-11(9-13(12)19-4-2)15(16)14-10-17-7-8-20-14/h5-6,9,14-15H,3-4,7-8,10,16H2,1-2H3. The third kappa shape index (κ3) is 3.62. The lowest BCUT2D eigenvalue weighted by Crippen LogP contribution is -2.37. The second kappa shape index (κ2) is 7.47. The van der Waals surface area contributed by atoms with Crippen LogP contribution in [0.5, 0.6) is 11.5 Å². The minimum atomic E-state index is -0.231. The summed E-state index contributed by atoms with van der Waals surface area (Å²) in [5, 5.41) is 0. The van der Waals surface area contributed by atoms with Gasteiger partial charge in [0.25, 0.3) is 0 Å². The van der Waals surface area contributed by atoms with Gasteiger partial charge in [-0.1, -0.05) is 6.07 Å². The zero-order chi connectivity index (χ0) is 14.4. The van der Waals surface area contributed by atoms with E-state index in [2.05, 4.69) is 0 Å².